The summed E-state index contributed by atoms with van der Waals surface area (Å²) in [5, 5.41) is 18.5. The Morgan fingerprint density at radius 3 is 2.33 bits per heavy atom. The lowest BCUT2D eigenvalue weighted by Crippen LogP contribution is -2.39. The highest BCUT2D eigenvalue weighted by molar-refractivity contribution is 8.01. The molecule has 18 heavy (non-hydrogen) atoms. The molecule has 0 aromatic heterocycles. The summed E-state index contributed by atoms with van der Waals surface area (Å²) in [6.45, 7) is 5.99. The third-order valence-electron chi connectivity index (χ3n) is 4.60. The topological polar surface area (TPSA) is 44.1 Å². The Morgan fingerprint density at radius 1 is 1.11 bits per heavy atom. The molecule has 1 fully saturated rings. The van der Waals surface area contributed by atoms with Crippen LogP contribution in [0, 0.1) is 26.2 Å². The zero-order valence-corrected chi connectivity index (χ0v) is 12.0. The standard InChI is InChI=1S/C15H19NOS/c1-8-9(2)14-12(10(3)13(8)17)11(16)7-15(18-14)5-4-6-15/h16-17H,4-7H2,1-3H3. The molecule has 3 rings (SSSR count). The number of aromatic hydroxyl groups is 1. The van der Waals surface area contributed by atoms with Crippen LogP contribution >= 0.6 is 11.8 Å². The van der Waals surface area contributed by atoms with E-state index in [2.05, 4.69) is 6.92 Å². The van der Waals surface area contributed by atoms with Gasteiger partial charge in [0, 0.05) is 32.9 Å². The summed E-state index contributed by atoms with van der Waals surface area (Å²) < 4.78 is 0.296. The maximum absolute atomic E-state index is 10.2. The number of hydrogen-bond donors (Lipinski definition) is 2. The van der Waals surface area contributed by atoms with Gasteiger partial charge < -0.3 is 10.5 Å². The minimum absolute atomic E-state index is 0.296. The molecule has 2 aliphatic rings. The molecule has 2 N–H and O–H groups in total. The predicted molar refractivity (Wildman–Crippen MR) is 76.2 cm³/mol. The van der Waals surface area contributed by atoms with Crippen LogP contribution in [0.4, 0.5) is 0 Å². The third-order valence-corrected chi connectivity index (χ3v) is 6.30. The van der Waals surface area contributed by atoms with Gasteiger partial charge >= 0.3 is 0 Å². The van der Waals surface area contributed by atoms with E-state index < -0.39 is 0 Å². The van der Waals surface area contributed by atoms with Crippen LogP contribution in [-0.4, -0.2) is 15.6 Å². The molecule has 0 radical (unpaired) electrons. The van der Waals surface area contributed by atoms with E-state index in [1.807, 2.05) is 25.6 Å². The minimum Gasteiger partial charge on any atom is -0.507 e. The second-order valence-corrected chi connectivity index (χ2v) is 7.20. The van der Waals surface area contributed by atoms with Crippen molar-refractivity contribution in [2.24, 2.45) is 0 Å². The monoisotopic (exact) mass is 261 g/mol. The van der Waals surface area contributed by atoms with Gasteiger partial charge in [0.2, 0.25) is 0 Å². The number of fused-ring (bicyclic) bond motifs is 1. The van der Waals surface area contributed by atoms with Crippen molar-refractivity contribution in [2.45, 2.75) is 56.1 Å². The molecule has 1 aromatic carbocycles. The van der Waals surface area contributed by atoms with Gasteiger partial charge in [-0.1, -0.05) is 6.42 Å². The van der Waals surface area contributed by atoms with E-state index in [9.17, 15) is 5.11 Å². The molecule has 1 aliphatic carbocycles. The van der Waals surface area contributed by atoms with Gasteiger partial charge in [0.15, 0.2) is 0 Å². The molecule has 0 bridgehead atoms. The van der Waals surface area contributed by atoms with Crippen LogP contribution in [0.5, 0.6) is 5.75 Å². The normalized spacial score (nSPS) is 20.7. The van der Waals surface area contributed by atoms with Crippen molar-refractivity contribution in [3.63, 3.8) is 0 Å². The van der Waals surface area contributed by atoms with Gasteiger partial charge in [0.05, 0.1) is 0 Å². The second-order valence-electron chi connectivity index (χ2n) is 5.72. The molecule has 0 atom stereocenters. The van der Waals surface area contributed by atoms with Crippen LogP contribution in [0.3, 0.4) is 0 Å². The fraction of sp³-hybridized carbons (Fsp3) is 0.533. The van der Waals surface area contributed by atoms with E-state index in [0.717, 1.165) is 34.4 Å². The minimum atomic E-state index is 0.296. The van der Waals surface area contributed by atoms with Crippen LogP contribution in [0.25, 0.3) is 0 Å². The molecule has 0 amide bonds. The highest BCUT2D eigenvalue weighted by Crippen LogP contribution is 2.56. The largest absolute Gasteiger partial charge is 0.507 e. The molecule has 1 aliphatic heterocycles. The Morgan fingerprint density at radius 2 is 1.78 bits per heavy atom. The van der Waals surface area contributed by atoms with Crippen molar-refractivity contribution < 1.29 is 5.11 Å². The molecule has 3 heteroatoms. The van der Waals surface area contributed by atoms with E-state index in [0.29, 0.717) is 10.5 Å². The van der Waals surface area contributed by atoms with Gasteiger partial charge in [-0.3, -0.25) is 0 Å². The van der Waals surface area contributed by atoms with Gasteiger partial charge in [-0.25, -0.2) is 0 Å². The van der Waals surface area contributed by atoms with Crippen molar-refractivity contribution in [2.75, 3.05) is 0 Å². The lowest BCUT2D eigenvalue weighted by atomic mass is 9.78. The zero-order chi connectivity index (χ0) is 13.1. The molecule has 0 unspecified atom stereocenters. The Hall–Kier alpha value is -0.960. The maximum atomic E-state index is 10.2. The van der Waals surface area contributed by atoms with Crippen molar-refractivity contribution in [1.82, 2.24) is 0 Å². The van der Waals surface area contributed by atoms with E-state index >= 15 is 0 Å². The van der Waals surface area contributed by atoms with Crippen LogP contribution in [0.15, 0.2) is 4.90 Å². The Balaban J connectivity index is 2.22. The summed E-state index contributed by atoms with van der Waals surface area (Å²) in [7, 11) is 0. The summed E-state index contributed by atoms with van der Waals surface area (Å²) in [5.41, 5.74) is 4.74. The second kappa shape index (κ2) is 3.77. The van der Waals surface area contributed by atoms with E-state index in [1.165, 1.54) is 24.2 Å². The Bertz CT molecular complexity index is 558. The maximum Gasteiger partial charge on any atom is 0.122 e. The Kier molecular flexibility index (Phi) is 2.53. The van der Waals surface area contributed by atoms with Gasteiger partial charge in [-0.05, 0) is 44.7 Å². The van der Waals surface area contributed by atoms with Crippen LogP contribution in [-0.2, 0) is 0 Å². The fourth-order valence-corrected chi connectivity index (χ4v) is 4.94. The number of benzene rings is 1. The number of thioether (sulfide) groups is 1. The molecular formula is C15H19NOS. The number of phenols is 1. The van der Waals surface area contributed by atoms with Gasteiger partial charge in [0.1, 0.15) is 5.75 Å². The number of hydrogen-bond acceptors (Lipinski definition) is 3. The van der Waals surface area contributed by atoms with Crippen LogP contribution in [0.2, 0.25) is 0 Å². The first kappa shape index (κ1) is 12.1. The first-order chi connectivity index (χ1) is 8.45. The van der Waals surface area contributed by atoms with E-state index in [4.69, 9.17) is 5.41 Å². The molecule has 2 nitrogen and oxygen atoms in total. The summed E-state index contributed by atoms with van der Waals surface area (Å²) in [6, 6.07) is 0. The van der Waals surface area contributed by atoms with Gasteiger partial charge in [0.25, 0.3) is 0 Å². The van der Waals surface area contributed by atoms with E-state index in [1.54, 1.807) is 0 Å². The average molecular weight is 261 g/mol. The highest BCUT2D eigenvalue weighted by Gasteiger charge is 2.44. The fourth-order valence-electron chi connectivity index (χ4n) is 3.11. The first-order valence-electron chi connectivity index (χ1n) is 6.55. The van der Waals surface area contributed by atoms with Gasteiger partial charge in [-0.15, -0.1) is 11.8 Å². The smallest absolute Gasteiger partial charge is 0.122 e. The Labute approximate surface area is 112 Å². The highest BCUT2D eigenvalue weighted by atomic mass is 32.2. The third kappa shape index (κ3) is 1.46. The van der Waals surface area contributed by atoms with Crippen LogP contribution < -0.4 is 0 Å². The predicted octanol–water partition coefficient (Wildman–Crippen LogP) is 4.10. The first-order valence-corrected chi connectivity index (χ1v) is 7.36. The molecule has 1 spiro atoms. The summed E-state index contributed by atoms with van der Waals surface area (Å²) in [5.74, 6) is 0.376. The molecule has 1 aromatic rings. The summed E-state index contributed by atoms with van der Waals surface area (Å²) in [4.78, 5) is 1.25. The lowest BCUT2D eigenvalue weighted by molar-refractivity contribution is 0.370. The van der Waals surface area contributed by atoms with Crippen molar-refractivity contribution in [3.8, 4) is 5.75 Å². The average Bonchev–Trinajstić information content (AvgIpc) is 2.30. The molecular weight excluding hydrogens is 242 g/mol. The number of nitrogens with one attached hydrogen (secondary N) is 1. The van der Waals surface area contributed by atoms with Gasteiger partial charge in [-0.2, -0.15) is 0 Å². The zero-order valence-electron chi connectivity index (χ0n) is 11.2. The molecule has 1 heterocycles. The van der Waals surface area contributed by atoms with Crippen molar-refractivity contribution >= 4 is 17.5 Å². The quantitative estimate of drug-likeness (QED) is 0.738. The van der Waals surface area contributed by atoms with Crippen LogP contribution in [0.1, 0.15) is 47.9 Å². The number of rotatable bonds is 0. The van der Waals surface area contributed by atoms with Crippen molar-refractivity contribution in [3.05, 3.63) is 22.3 Å². The van der Waals surface area contributed by atoms with Crippen molar-refractivity contribution in [1.29, 1.82) is 5.41 Å². The van der Waals surface area contributed by atoms with E-state index in [-0.39, 0.29) is 0 Å². The molecule has 0 saturated heterocycles. The molecule has 1 saturated carbocycles. The SMILES string of the molecule is Cc1c(C)c2c(c(C)c1O)C(=N)CC1(CCC1)S2. The molecule has 96 valence electrons. The number of phenolic OH excluding ortho intramolecular Hbond substituents is 1. The summed E-state index contributed by atoms with van der Waals surface area (Å²) in [6.07, 6.45) is 4.63. The lowest BCUT2D eigenvalue weighted by Gasteiger charge is -2.45. The summed E-state index contributed by atoms with van der Waals surface area (Å²) >= 11 is 1.96.